The number of hydrogen-bond donors (Lipinski definition) is 0. The minimum Gasteiger partial charge on any atom is -0.476 e. The normalized spacial score (nSPS) is 20.1. The van der Waals surface area contributed by atoms with Gasteiger partial charge in [-0.1, -0.05) is 0 Å². The van der Waals surface area contributed by atoms with E-state index in [4.69, 9.17) is 9.15 Å². The van der Waals surface area contributed by atoms with Gasteiger partial charge >= 0.3 is 0 Å². The predicted octanol–water partition coefficient (Wildman–Crippen LogP) is 2.13. The molecule has 5 rings (SSSR count). The number of nitrogens with zero attached hydrogens (tertiary/aromatic N) is 5. The number of sulfonamides is 1. The number of pyridine rings is 2. The number of aromatic nitrogens is 2. The van der Waals surface area contributed by atoms with Crippen LogP contribution >= 0.6 is 0 Å². The van der Waals surface area contributed by atoms with E-state index >= 15 is 0 Å². The van der Waals surface area contributed by atoms with E-state index in [1.54, 1.807) is 24.0 Å². The fourth-order valence-corrected chi connectivity index (χ4v) is 6.12. The summed E-state index contributed by atoms with van der Waals surface area (Å²) in [4.78, 5) is 21.9. The molecular formula is C26H35N5O5S. The van der Waals surface area contributed by atoms with Crippen LogP contribution in [0, 0.1) is 0 Å². The molecule has 1 atom stereocenters. The van der Waals surface area contributed by atoms with Crippen molar-refractivity contribution in [3.05, 3.63) is 46.7 Å². The molecule has 10 nitrogen and oxygen atoms in total. The lowest BCUT2D eigenvalue weighted by Gasteiger charge is -2.38. The molecule has 0 spiro atoms. The fourth-order valence-electron chi connectivity index (χ4n) is 5.22. The molecule has 11 heteroatoms. The molecule has 2 aliphatic heterocycles. The van der Waals surface area contributed by atoms with Crippen molar-refractivity contribution in [2.24, 2.45) is 7.05 Å². The molecule has 3 aromatic heterocycles. The van der Waals surface area contributed by atoms with Gasteiger partial charge in [0.25, 0.3) is 5.56 Å². The number of furan rings is 1. The van der Waals surface area contributed by atoms with Crippen LogP contribution in [-0.4, -0.2) is 90.2 Å². The highest BCUT2D eigenvalue weighted by molar-refractivity contribution is 7.88. The Morgan fingerprint density at radius 1 is 1.16 bits per heavy atom. The second-order valence-electron chi connectivity index (χ2n) is 10.1. The summed E-state index contributed by atoms with van der Waals surface area (Å²) in [6.07, 6.45) is 7.24. The first-order chi connectivity index (χ1) is 17.7. The van der Waals surface area contributed by atoms with Crippen LogP contribution in [0.1, 0.15) is 25.5 Å². The van der Waals surface area contributed by atoms with E-state index in [2.05, 4.69) is 14.8 Å². The van der Waals surface area contributed by atoms with E-state index in [9.17, 15) is 13.2 Å². The van der Waals surface area contributed by atoms with Crippen LogP contribution in [0.2, 0.25) is 0 Å². The lowest BCUT2D eigenvalue weighted by molar-refractivity contribution is 0.115. The van der Waals surface area contributed by atoms with Gasteiger partial charge in [-0.15, -0.1) is 0 Å². The van der Waals surface area contributed by atoms with Crippen LogP contribution < -0.4 is 10.3 Å². The van der Waals surface area contributed by atoms with E-state index in [-0.39, 0.29) is 11.6 Å². The Morgan fingerprint density at radius 2 is 1.95 bits per heavy atom. The number of hydrogen-bond acceptors (Lipinski definition) is 8. The van der Waals surface area contributed by atoms with Gasteiger partial charge in [-0.05, 0) is 50.6 Å². The molecule has 0 aromatic carbocycles. The van der Waals surface area contributed by atoms with Crippen molar-refractivity contribution in [3.63, 3.8) is 0 Å². The summed E-state index contributed by atoms with van der Waals surface area (Å²) in [5.74, 6) is 1.22. The number of ether oxygens (including phenoxy) is 1. The van der Waals surface area contributed by atoms with Gasteiger partial charge in [-0.3, -0.25) is 14.6 Å². The summed E-state index contributed by atoms with van der Waals surface area (Å²) >= 11 is 0. The summed E-state index contributed by atoms with van der Waals surface area (Å²) < 4.78 is 39.2. The van der Waals surface area contributed by atoms with Crippen molar-refractivity contribution in [3.8, 4) is 17.0 Å². The Labute approximate surface area is 217 Å². The maximum absolute atomic E-state index is 12.9. The summed E-state index contributed by atoms with van der Waals surface area (Å²) in [5.41, 5.74) is 2.07. The molecule has 0 amide bonds. The molecule has 0 N–H and O–H groups in total. The van der Waals surface area contributed by atoms with Crippen LogP contribution in [0.15, 0.2) is 39.8 Å². The van der Waals surface area contributed by atoms with Gasteiger partial charge in [-0.2, -0.15) is 4.31 Å². The van der Waals surface area contributed by atoms with Crippen molar-refractivity contribution in [2.75, 3.05) is 52.1 Å². The van der Waals surface area contributed by atoms with Gasteiger partial charge < -0.3 is 13.7 Å². The van der Waals surface area contributed by atoms with Crippen molar-refractivity contribution in [1.29, 1.82) is 0 Å². The Kier molecular flexibility index (Phi) is 7.39. The fraction of sp³-hybridized carbons (Fsp3) is 0.538. The topological polar surface area (TPSA) is 101 Å². The van der Waals surface area contributed by atoms with E-state index in [1.165, 1.54) is 23.4 Å². The van der Waals surface area contributed by atoms with Gasteiger partial charge in [0.2, 0.25) is 15.9 Å². The van der Waals surface area contributed by atoms with E-state index in [1.807, 2.05) is 25.1 Å². The molecule has 1 unspecified atom stereocenters. The van der Waals surface area contributed by atoms with E-state index < -0.39 is 10.0 Å². The number of fused-ring (bicyclic) bond motifs is 1. The smallest absolute Gasteiger partial charge is 0.261 e. The zero-order chi connectivity index (χ0) is 26.2. The molecule has 2 saturated heterocycles. The van der Waals surface area contributed by atoms with Crippen LogP contribution in [0.4, 0.5) is 0 Å². The summed E-state index contributed by atoms with van der Waals surface area (Å²) in [6, 6.07) is 5.62. The van der Waals surface area contributed by atoms with Crippen molar-refractivity contribution < 1.29 is 17.6 Å². The molecule has 37 heavy (non-hydrogen) atoms. The van der Waals surface area contributed by atoms with Gasteiger partial charge in [0.1, 0.15) is 18.0 Å². The average Bonchev–Trinajstić information content (AvgIpc) is 3.53. The Hall–Kier alpha value is -2.73. The lowest BCUT2D eigenvalue weighted by atomic mass is 10.1. The molecule has 0 bridgehead atoms. The third-order valence-corrected chi connectivity index (χ3v) is 8.63. The monoisotopic (exact) mass is 529 g/mol. The predicted molar refractivity (Wildman–Crippen MR) is 142 cm³/mol. The second kappa shape index (κ2) is 10.6. The Bertz CT molecular complexity index is 1430. The minimum atomic E-state index is -3.21. The van der Waals surface area contributed by atoms with Gasteiger partial charge in [0, 0.05) is 63.3 Å². The van der Waals surface area contributed by atoms with Gasteiger partial charge in [-0.25, -0.2) is 13.4 Å². The largest absolute Gasteiger partial charge is 0.476 e. The summed E-state index contributed by atoms with van der Waals surface area (Å²) in [7, 11) is -1.48. The molecular weight excluding hydrogens is 494 g/mol. The van der Waals surface area contributed by atoms with E-state index in [0.29, 0.717) is 55.4 Å². The molecule has 200 valence electrons. The number of likely N-dealkylation sites (tertiary alicyclic amines) is 1. The second-order valence-corrected chi connectivity index (χ2v) is 12.1. The average molecular weight is 530 g/mol. The van der Waals surface area contributed by atoms with Crippen molar-refractivity contribution in [2.45, 2.75) is 32.4 Å². The zero-order valence-electron chi connectivity index (χ0n) is 21.7. The van der Waals surface area contributed by atoms with Crippen LogP contribution in [0.5, 0.6) is 5.88 Å². The minimum absolute atomic E-state index is 0.0273. The third-order valence-electron chi connectivity index (χ3n) is 7.36. The Balaban J connectivity index is 1.37. The van der Waals surface area contributed by atoms with Gasteiger partial charge in [0.05, 0.1) is 18.2 Å². The van der Waals surface area contributed by atoms with Crippen molar-refractivity contribution >= 4 is 21.0 Å². The maximum atomic E-state index is 12.9. The summed E-state index contributed by atoms with van der Waals surface area (Å²) in [6.45, 7) is 7.68. The Morgan fingerprint density at radius 3 is 2.68 bits per heavy atom. The first-order valence-electron chi connectivity index (χ1n) is 12.8. The van der Waals surface area contributed by atoms with E-state index in [0.717, 1.165) is 30.8 Å². The quantitative estimate of drug-likeness (QED) is 0.438. The highest BCUT2D eigenvalue weighted by atomic mass is 32.2. The standard InChI is InChI=1S/C26H35N5O5S/c1-19-16-31(37(3,33)34)11-10-30(19)17-21-15-22-25(36-21)23(18-28(2)26(22)32)20-6-7-27-24(14-20)35-13-12-29-8-4-5-9-29/h6-7,14-15,18-19H,4-5,8-13,16-17H2,1-3H3. The third kappa shape index (κ3) is 5.74. The summed E-state index contributed by atoms with van der Waals surface area (Å²) in [5, 5.41) is 0.519. The highest BCUT2D eigenvalue weighted by Gasteiger charge is 2.29. The van der Waals surface area contributed by atoms with Crippen molar-refractivity contribution in [1.82, 2.24) is 23.7 Å². The number of aryl methyl sites for hydroxylation is 1. The first kappa shape index (κ1) is 25.9. The molecule has 3 aromatic rings. The SMILES string of the molecule is CC1CN(S(C)(=O)=O)CCN1Cc1cc2c(=O)n(C)cc(-c3ccnc(OCCN4CCCC4)c3)c2o1. The molecule has 5 heterocycles. The zero-order valence-corrected chi connectivity index (χ0v) is 22.5. The van der Waals surface area contributed by atoms with Crippen LogP contribution in [0.3, 0.4) is 0 Å². The molecule has 0 radical (unpaired) electrons. The molecule has 2 fully saturated rings. The van der Waals surface area contributed by atoms with Gasteiger partial charge in [0.15, 0.2) is 0 Å². The highest BCUT2D eigenvalue weighted by Crippen LogP contribution is 2.31. The number of rotatable bonds is 8. The van der Waals surface area contributed by atoms with Crippen LogP contribution in [-0.2, 0) is 23.6 Å². The molecule has 2 aliphatic rings. The molecule has 0 saturated carbocycles. The lowest BCUT2D eigenvalue weighted by Crippen LogP contribution is -2.52. The number of piperazine rings is 1. The molecule has 0 aliphatic carbocycles. The van der Waals surface area contributed by atoms with Crippen LogP contribution in [0.25, 0.3) is 22.1 Å². The maximum Gasteiger partial charge on any atom is 0.261 e. The first-order valence-corrected chi connectivity index (χ1v) is 14.7.